The molecule has 1 amide bonds. The van der Waals surface area contributed by atoms with Crippen LogP contribution in [0.1, 0.15) is 16.9 Å². The Morgan fingerprint density at radius 2 is 2.19 bits per heavy atom. The molecule has 2 heterocycles. The summed E-state index contributed by atoms with van der Waals surface area (Å²) in [5.41, 5.74) is 5.66. The van der Waals surface area contributed by atoms with Crippen LogP contribution in [0.2, 0.25) is 0 Å². The topological polar surface area (TPSA) is 78.7 Å². The molecule has 0 radical (unpaired) electrons. The van der Waals surface area contributed by atoms with Crippen LogP contribution in [0.25, 0.3) is 0 Å². The average Bonchev–Trinajstić information content (AvgIpc) is 2.87. The molecule has 0 saturated carbocycles. The van der Waals surface area contributed by atoms with Gasteiger partial charge in [-0.1, -0.05) is 0 Å². The minimum atomic E-state index is -0.444. The molecule has 0 aliphatic heterocycles. The third kappa shape index (κ3) is 2.28. The van der Waals surface area contributed by atoms with Crippen LogP contribution in [-0.2, 0) is 13.1 Å². The highest BCUT2D eigenvalue weighted by atomic mass is 16.1. The highest BCUT2D eigenvalue weighted by Gasteiger charge is 2.06. The first-order valence-electron chi connectivity index (χ1n) is 5.03. The van der Waals surface area contributed by atoms with Crippen molar-refractivity contribution >= 4 is 5.91 Å². The van der Waals surface area contributed by atoms with Crippen LogP contribution in [0.15, 0.2) is 31.2 Å². The lowest BCUT2D eigenvalue weighted by Gasteiger charge is -2.05. The lowest BCUT2D eigenvalue weighted by atomic mass is 10.4. The average molecular weight is 219 g/mol. The number of carbonyl (C=O) groups is 1. The smallest absolute Gasteiger partial charge is 0.266 e. The van der Waals surface area contributed by atoms with Crippen molar-refractivity contribution in [1.82, 2.24) is 19.1 Å². The predicted molar refractivity (Wildman–Crippen MR) is 57.6 cm³/mol. The summed E-state index contributed by atoms with van der Waals surface area (Å²) in [6, 6.07) is 0. The lowest BCUT2D eigenvalue weighted by Crippen LogP contribution is -2.17. The van der Waals surface area contributed by atoms with E-state index in [9.17, 15) is 4.79 Å². The van der Waals surface area contributed by atoms with Gasteiger partial charge in [0.2, 0.25) is 0 Å². The van der Waals surface area contributed by atoms with Crippen molar-refractivity contribution in [2.75, 3.05) is 0 Å². The number of primary amides is 1. The molecular formula is C10H13N5O. The van der Waals surface area contributed by atoms with E-state index in [1.807, 2.05) is 10.8 Å². The molecule has 6 heteroatoms. The van der Waals surface area contributed by atoms with Gasteiger partial charge in [0.1, 0.15) is 5.69 Å². The molecule has 6 nitrogen and oxygen atoms in total. The summed E-state index contributed by atoms with van der Waals surface area (Å²) < 4.78 is 3.75. The van der Waals surface area contributed by atoms with Gasteiger partial charge in [0.25, 0.3) is 5.91 Å². The number of hydrogen-bond donors (Lipinski definition) is 1. The van der Waals surface area contributed by atoms with Crippen LogP contribution < -0.4 is 5.73 Å². The summed E-state index contributed by atoms with van der Waals surface area (Å²) >= 11 is 0. The van der Waals surface area contributed by atoms with Crippen LogP contribution in [-0.4, -0.2) is 25.0 Å². The molecule has 2 aromatic rings. The zero-order valence-electron chi connectivity index (χ0n) is 8.78. The van der Waals surface area contributed by atoms with Gasteiger partial charge in [-0.15, -0.1) is 0 Å². The van der Waals surface area contributed by atoms with Gasteiger partial charge < -0.3 is 14.9 Å². The molecule has 0 saturated heterocycles. The Kier molecular flexibility index (Phi) is 3.00. The highest BCUT2D eigenvalue weighted by Crippen LogP contribution is 2.01. The monoisotopic (exact) mass is 219 g/mol. The number of nitrogens with zero attached hydrogens (tertiary/aromatic N) is 4. The minimum Gasteiger partial charge on any atom is -0.364 e. The third-order valence-corrected chi connectivity index (χ3v) is 2.34. The Bertz CT molecular complexity index is 459. The second kappa shape index (κ2) is 4.61. The van der Waals surface area contributed by atoms with E-state index in [1.165, 1.54) is 6.20 Å². The fourth-order valence-electron chi connectivity index (χ4n) is 1.55. The standard InChI is InChI=1S/C10H13N5O/c11-10(16)9-6-13-8-15(9)4-1-3-14-5-2-12-7-14/h2,5-8H,1,3-4H2,(H2,11,16). The maximum Gasteiger partial charge on any atom is 0.266 e. The molecule has 0 aromatic carbocycles. The molecule has 0 aliphatic rings. The highest BCUT2D eigenvalue weighted by molar-refractivity contribution is 5.90. The van der Waals surface area contributed by atoms with E-state index in [2.05, 4.69) is 9.97 Å². The normalized spacial score (nSPS) is 10.5. The van der Waals surface area contributed by atoms with E-state index in [-0.39, 0.29) is 0 Å². The van der Waals surface area contributed by atoms with Gasteiger partial charge in [-0.05, 0) is 6.42 Å². The summed E-state index contributed by atoms with van der Waals surface area (Å²) in [4.78, 5) is 18.9. The second-order valence-corrected chi connectivity index (χ2v) is 3.49. The largest absolute Gasteiger partial charge is 0.364 e. The van der Waals surface area contributed by atoms with Gasteiger partial charge in [-0.2, -0.15) is 0 Å². The number of nitrogens with two attached hydrogens (primary N) is 1. The molecule has 0 aliphatic carbocycles. The van der Waals surface area contributed by atoms with E-state index in [0.29, 0.717) is 5.69 Å². The number of aryl methyl sites for hydroxylation is 2. The number of rotatable bonds is 5. The van der Waals surface area contributed by atoms with Crippen LogP contribution in [0.5, 0.6) is 0 Å². The number of carbonyl (C=O) groups excluding carboxylic acids is 1. The molecule has 0 bridgehead atoms. The van der Waals surface area contributed by atoms with Crippen molar-refractivity contribution in [2.45, 2.75) is 19.5 Å². The van der Waals surface area contributed by atoms with Crippen LogP contribution in [0.3, 0.4) is 0 Å². The second-order valence-electron chi connectivity index (χ2n) is 3.49. The van der Waals surface area contributed by atoms with Crippen molar-refractivity contribution in [3.8, 4) is 0 Å². The predicted octanol–water partition coefficient (Wildman–Crippen LogP) is 0.269. The fourth-order valence-corrected chi connectivity index (χ4v) is 1.55. The molecule has 2 N–H and O–H groups in total. The number of imidazole rings is 2. The summed E-state index contributed by atoms with van der Waals surface area (Å²) in [6.07, 6.45) is 9.42. The van der Waals surface area contributed by atoms with Crippen LogP contribution in [0, 0.1) is 0 Å². The first kappa shape index (κ1) is 10.4. The van der Waals surface area contributed by atoms with Gasteiger partial charge in [-0.25, -0.2) is 9.97 Å². The quantitative estimate of drug-likeness (QED) is 0.783. The van der Waals surface area contributed by atoms with Gasteiger partial charge in [-0.3, -0.25) is 4.79 Å². The summed E-state index contributed by atoms with van der Waals surface area (Å²) in [6.45, 7) is 1.58. The van der Waals surface area contributed by atoms with Gasteiger partial charge in [0, 0.05) is 25.5 Å². The fraction of sp³-hybridized carbons (Fsp3) is 0.300. The van der Waals surface area contributed by atoms with E-state index in [0.717, 1.165) is 19.5 Å². The maximum atomic E-state index is 11.0. The Balaban J connectivity index is 1.90. The van der Waals surface area contributed by atoms with Crippen molar-refractivity contribution in [3.05, 3.63) is 36.9 Å². The molecule has 0 atom stereocenters. The zero-order chi connectivity index (χ0) is 11.4. The molecule has 2 aromatic heterocycles. The molecular weight excluding hydrogens is 206 g/mol. The van der Waals surface area contributed by atoms with E-state index < -0.39 is 5.91 Å². The van der Waals surface area contributed by atoms with Crippen molar-refractivity contribution in [3.63, 3.8) is 0 Å². The van der Waals surface area contributed by atoms with Crippen molar-refractivity contribution in [2.24, 2.45) is 5.73 Å². The minimum absolute atomic E-state index is 0.444. The number of aromatic nitrogens is 4. The van der Waals surface area contributed by atoms with E-state index >= 15 is 0 Å². The van der Waals surface area contributed by atoms with Crippen LogP contribution in [0.4, 0.5) is 0 Å². The summed E-state index contributed by atoms with van der Waals surface area (Å²) in [5, 5.41) is 0. The first-order chi connectivity index (χ1) is 7.77. The maximum absolute atomic E-state index is 11.0. The molecule has 0 fully saturated rings. The van der Waals surface area contributed by atoms with Crippen molar-refractivity contribution < 1.29 is 4.79 Å². The van der Waals surface area contributed by atoms with Crippen LogP contribution >= 0.6 is 0 Å². The zero-order valence-corrected chi connectivity index (χ0v) is 8.78. The lowest BCUT2D eigenvalue weighted by molar-refractivity contribution is 0.0991. The SMILES string of the molecule is NC(=O)c1cncn1CCCn1ccnc1. The van der Waals surface area contributed by atoms with E-state index in [1.54, 1.807) is 23.4 Å². The van der Waals surface area contributed by atoms with Gasteiger partial charge >= 0.3 is 0 Å². The van der Waals surface area contributed by atoms with E-state index in [4.69, 9.17) is 5.73 Å². The number of amides is 1. The summed E-state index contributed by atoms with van der Waals surface area (Å²) in [5.74, 6) is -0.444. The molecule has 0 spiro atoms. The Morgan fingerprint density at radius 3 is 2.88 bits per heavy atom. The van der Waals surface area contributed by atoms with Crippen molar-refractivity contribution in [1.29, 1.82) is 0 Å². The first-order valence-corrected chi connectivity index (χ1v) is 5.03. The molecule has 2 rings (SSSR count). The molecule has 16 heavy (non-hydrogen) atoms. The van der Waals surface area contributed by atoms with Gasteiger partial charge in [0.05, 0.1) is 18.9 Å². The summed E-state index contributed by atoms with van der Waals surface area (Å²) in [7, 11) is 0. The Hall–Kier alpha value is -2.11. The third-order valence-electron chi connectivity index (χ3n) is 2.34. The molecule has 0 unspecified atom stereocenters. The Morgan fingerprint density at radius 1 is 1.31 bits per heavy atom. The number of hydrogen-bond acceptors (Lipinski definition) is 3. The Labute approximate surface area is 92.7 Å². The van der Waals surface area contributed by atoms with Gasteiger partial charge in [0.15, 0.2) is 0 Å². The molecule has 84 valence electrons.